The number of hydrogen-bond donors (Lipinski definition) is 2. The van der Waals surface area contributed by atoms with Gasteiger partial charge in [0.15, 0.2) is 0 Å². The van der Waals surface area contributed by atoms with E-state index in [1.54, 1.807) is 21.1 Å². The maximum Gasteiger partial charge on any atom is 0.335 e. The number of carboxylic acids is 1. The Bertz CT molecular complexity index is 248. The molecule has 0 fully saturated rings. The van der Waals surface area contributed by atoms with Crippen molar-refractivity contribution >= 4 is 5.97 Å². The topological polar surface area (TPSA) is 110 Å². The molecule has 8 nitrogen and oxygen atoms in total. The van der Waals surface area contributed by atoms with Crippen LogP contribution in [0.1, 0.15) is 0 Å². The van der Waals surface area contributed by atoms with E-state index in [0.29, 0.717) is 0 Å². The molecule has 0 aliphatic carbocycles. The van der Waals surface area contributed by atoms with Crippen molar-refractivity contribution in [2.75, 3.05) is 27.7 Å². The Morgan fingerprint density at radius 3 is 2.27 bits per heavy atom. The molecule has 88 valence electrons. The van der Waals surface area contributed by atoms with Crippen molar-refractivity contribution in [3.63, 3.8) is 0 Å². The molecule has 0 bridgehead atoms. The van der Waals surface area contributed by atoms with E-state index < -0.39 is 23.3 Å². The zero-order chi connectivity index (χ0) is 12.2. The Labute approximate surface area is 86.4 Å². The van der Waals surface area contributed by atoms with Crippen molar-refractivity contribution in [3.8, 4) is 0 Å². The van der Waals surface area contributed by atoms with Gasteiger partial charge < -0.3 is 14.7 Å². The molecule has 0 saturated carbocycles. The lowest BCUT2D eigenvalue weighted by Crippen LogP contribution is -2.49. The van der Waals surface area contributed by atoms with Gasteiger partial charge in [-0.05, 0) is 0 Å². The SMILES string of the molecule is C[N+](C)(C)CC(O)[C@H](O[N+](=O)[O-])C(=O)O. The lowest BCUT2D eigenvalue weighted by atomic mass is 10.2. The van der Waals surface area contributed by atoms with Gasteiger partial charge in [-0.2, -0.15) is 0 Å². The molecule has 2 atom stereocenters. The van der Waals surface area contributed by atoms with Crippen LogP contribution in [0.3, 0.4) is 0 Å². The summed E-state index contributed by atoms with van der Waals surface area (Å²) in [6, 6.07) is 0. The average molecular weight is 223 g/mol. The summed E-state index contributed by atoms with van der Waals surface area (Å²) in [7, 11) is 5.15. The molecule has 0 saturated heterocycles. The van der Waals surface area contributed by atoms with Gasteiger partial charge in [0.2, 0.25) is 6.10 Å². The number of rotatable bonds is 6. The van der Waals surface area contributed by atoms with Crippen molar-refractivity contribution < 1.29 is 29.4 Å². The Balaban J connectivity index is 4.49. The summed E-state index contributed by atoms with van der Waals surface area (Å²) in [5.41, 5.74) is 0. The number of aliphatic hydroxyl groups is 1. The maximum atomic E-state index is 10.6. The second-order valence-corrected chi connectivity index (χ2v) is 4.13. The standard InChI is InChI=1S/C7H14N2O6/c1-9(2,3)4-5(10)6(7(11)12)15-8(13)14/h5-6,10H,4H2,1-3H3/p+1/t5?,6-/m0/s1. The minimum Gasteiger partial charge on any atom is -0.480 e. The quantitative estimate of drug-likeness (QED) is 0.329. The molecule has 2 N–H and O–H groups in total. The van der Waals surface area contributed by atoms with Crippen molar-refractivity contribution in [2.45, 2.75) is 12.2 Å². The van der Waals surface area contributed by atoms with Crippen molar-refractivity contribution in [1.82, 2.24) is 0 Å². The number of likely N-dealkylation sites (N-methyl/N-ethyl adjacent to an activating group) is 1. The summed E-state index contributed by atoms with van der Waals surface area (Å²) in [6.45, 7) is 0.0325. The van der Waals surface area contributed by atoms with E-state index in [0.717, 1.165) is 0 Å². The van der Waals surface area contributed by atoms with Gasteiger partial charge in [-0.3, -0.25) is 4.84 Å². The molecular formula is C7H15N2O6+. The van der Waals surface area contributed by atoms with Crippen LogP contribution < -0.4 is 0 Å². The largest absolute Gasteiger partial charge is 0.480 e. The van der Waals surface area contributed by atoms with E-state index in [9.17, 15) is 20.0 Å². The van der Waals surface area contributed by atoms with E-state index in [1.807, 2.05) is 0 Å². The van der Waals surface area contributed by atoms with Gasteiger partial charge in [0.1, 0.15) is 12.6 Å². The normalized spacial score (nSPS) is 15.5. The highest BCUT2D eigenvalue weighted by Crippen LogP contribution is 2.05. The number of quaternary nitrogens is 1. The van der Waals surface area contributed by atoms with Crippen LogP contribution in [0.2, 0.25) is 0 Å². The highest BCUT2D eigenvalue weighted by atomic mass is 17.0. The highest BCUT2D eigenvalue weighted by molar-refractivity contribution is 5.72. The van der Waals surface area contributed by atoms with E-state index in [4.69, 9.17) is 5.11 Å². The number of aliphatic hydroxyl groups excluding tert-OH is 1. The van der Waals surface area contributed by atoms with Crippen LogP contribution >= 0.6 is 0 Å². The van der Waals surface area contributed by atoms with Crippen LogP contribution in [0.4, 0.5) is 0 Å². The molecule has 0 aliphatic rings. The number of carboxylic acid groups (broad SMARTS) is 1. The fourth-order valence-electron chi connectivity index (χ4n) is 1.03. The first-order valence-electron chi connectivity index (χ1n) is 4.16. The van der Waals surface area contributed by atoms with Crippen LogP contribution in [0, 0.1) is 10.1 Å². The van der Waals surface area contributed by atoms with E-state index >= 15 is 0 Å². The van der Waals surface area contributed by atoms with E-state index in [1.165, 1.54) is 0 Å². The molecule has 0 aromatic heterocycles. The lowest BCUT2D eigenvalue weighted by molar-refractivity contribution is -0.875. The van der Waals surface area contributed by atoms with E-state index in [2.05, 4.69) is 4.84 Å². The Hall–Kier alpha value is -1.41. The fraction of sp³-hybridized carbons (Fsp3) is 0.857. The molecule has 0 aromatic carbocycles. The minimum absolute atomic E-state index is 0.0325. The number of carbonyl (C=O) groups is 1. The molecule has 1 unspecified atom stereocenters. The summed E-state index contributed by atoms with van der Waals surface area (Å²) in [4.78, 5) is 24.4. The predicted octanol–water partition coefficient (Wildman–Crippen LogP) is -1.28. The van der Waals surface area contributed by atoms with Gasteiger partial charge >= 0.3 is 5.97 Å². The first kappa shape index (κ1) is 13.6. The zero-order valence-corrected chi connectivity index (χ0v) is 8.78. The molecular weight excluding hydrogens is 208 g/mol. The first-order chi connectivity index (χ1) is 6.63. The second-order valence-electron chi connectivity index (χ2n) is 4.13. The third kappa shape index (κ3) is 5.81. The average Bonchev–Trinajstić information content (AvgIpc) is 1.95. The van der Waals surface area contributed by atoms with Crippen LogP contribution in [0.5, 0.6) is 0 Å². The fourth-order valence-corrected chi connectivity index (χ4v) is 1.03. The Morgan fingerprint density at radius 2 is 2.00 bits per heavy atom. The van der Waals surface area contributed by atoms with Gasteiger partial charge in [0.25, 0.3) is 5.09 Å². The summed E-state index contributed by atoms with van der Waals surface area (Å²) >= 11 is 0. The van der Waals surface area contributed by atoms with Gasteiger partial charge in [-0.25, -0.2) is 4.79 Å². The molecule has 0 amide bonds. The molecule has 0 radical (unpaired) electrons. The molecule has 8 heteroatoms. The van der Waals surface area contributed by atoms with Gasteiger partial charge in [-0.15, -0.1) is 10.1 Å². The number of hydrogen-bond acceptors (Lipinski definition) is 5. The van der Waals surface area contributed by atoms with Crippen LogP contribution in [-0.2, 0) is 9.63 Å². The third-order valence-corrected chi connectivity index (χ3v) is 1.53. The van der Waals surface area contributed by atoms with Crippen LogP contribution in [-0.4, -0.2) is 65.6 Å². The van der Waals surface area contributed by atoms with Crippen LogP contribution in [0.25, 0.3) is 0 Å². The minimum atomic E-state index is -1.85. The molecule has 0 spiro atoms. The molecule has 15 heavy (non-hydrogen) atoms. The highest BCUT2D eigenvalue weighted by Gasteiger charge is 2.34. The Morgan fingerprint density at radius 1 is 1.53 bits per heavy atom. The van der Waals surface area contributed by atoms with Crippen molar-refractivity contribution in [1.29, 1.82) is 0 Å². The summed E-state index contributed by atoms with van der Waals surface area (Å²) in [5, 5.41) is 26.8. The van der Waals surface area contributed by atoms with Crippen LogP contribution in [0.15, 0.2) is 0 Å². The van der Waals surface area contributed by atoms with Gasteiger partial charge in [0, 0.05) is 0 Å². The molecule has 0 aliphatic heterocycles. The first-order valence-corrected chi connectivity index (χ1v) is 4.16. The Kier molecular flexibility index (Phi) is 4.43. The predicted molar refractivity (Wildman–Crippen MR) is 48.4 cm³/mol. The summed E-state index contributed by atoms with van der Waals surface area (Å²) in [5.74, 6) is -1.56. The number of nitrogens with zero attached hydrogens (tertiary/aromatic N) is 2. The maximum absolute atomic E-state index is 10.6. The van der Waals surface area contributed by atoms with Crippen molar-refractivity contribution in [3.05, 3.63) is 10.1 Å². The summed E-state index contributed by atoms with van der Waals surface area (Å²) < 4.78 is 0.270. The monoisotopic (exact) mass is 223 g/mol. The van der Waals surface area contributed by atoms with Gasteiger partial charge in [-0.1, -0.05) is 0 Å². The van der Waals surface area contributed by atoms with E-state index in [-0.39, 0.29) is 11.0 Å². The lowest BCUT2D eigenvalue weighted by Gasteiger charge is -2.28. The number of aliphatic carboxylic acids is 1. The zero-order valence-electron chi connectivity index (χ0n) is 8.78. The smallest absolute Gasteiger partial charge is 0.335 e. The second kappa shape index (κ2) is 4.89. The molecule has 0 heterocycles. The molecule has 0 aromatic rings. The molecule has 0 rings (SSSR count). The third-order valence-electron chi connectivity index (χ3n) is 1.53. The van der Waals surface area contributed by atoms with Crippen molar-refractivity contribution in [2.24, 2.45) is 0 Å². The van der Waals surface area contributed by atoms with Gasteiger partial charge in [0.05, 0.1) is 21.1 Å². The summed E-state index contributed by atoms with van der Waals surface area (Å²) in [6.07, 6.45) is -3.29.